The van der Waals surface area contributed by atoms with E-state index in [1.54, 1.807) is 12.1 Å². The Morgan fingerprint density at radius 2 is 1.59 bits per heavy atom. The molecule has 2 bridgehead atoms. The molecule has 7 nitrogen and oxygen atoms in total. The number of nitrogens with zero attached hydrogens (tertiary/aromatic N) is 3. The predicted molar refractivity (Wildman–Crippen MR) is 149 cm³/mol. The Bertz CT molecular complexity index is 1440. The first-order valence-electron chi connectivity index (χ1n) is 13.9. The Hall–Kier alpha value is -3.94. The smallest absolute Gasteiger partial charge is 0.255 e. The van der Waals surface area contributed by atoms with Crippen LogP contribution in [0.25, 0.3) is 0 Å². The molecular formula is C31H33FN4O3. The van der Waals surface area contributed by atoms with Crippen LogP contribution in [-0.2, 0) is 6.54 Å². The molecule has 3 aromatic rings. The van der Waals surface area contributed by atoms with Crippen molar-refractivity contribution in [3.8, 4) is 0 Å². The summed E-state index contributed by atoms with van der Waals surface area (Å²) in [6, 6.07) is 16.5. The number of fused-ring (bicyclic) bond motifs is 4. The number of hydrogen-bond acceptors (Lipinski definition) is 4. The first kappa shape index (κ1) is 25.3. The van der Waals surface area contributed by atoms with Crippen molar-refractivity contribution in [1.82, 2.24) is 9.47 Å². The van der Waals surface area contributed by atoms with Crippen LogP contribution in [0.1, 0.15) is 64.4 Å². The second-order valence-electron chi connectivity index (χ2n) is 11.0. The molecule has 2 atom stereocenters. The maximum atomic E-state index is 13.5. The Balaban J connectivity index is 1.33. The maximum Gasteiger partial charge on any atom is 0.255 e. The Labute approximate surface area is 227 Å². The quantitative estimate of drug-likeness (QED) is 0.524. The van der Waals surface area contributed by atoms with Crippen molar-refractivity contribution in [3.63, 3.8) is 0 Å². The number of nitrogens with one attached hydrogen (secondary N) is 1. The fraction of sp³-hybridized carbons (Fsp3) is 0.387. The number of likely N-dealkylation sites (tertiary alicyclic amines) is 1. The van der Waals surface area contributed by atoms with Crippen LogP contribution in [0, 0.1) is 11.7 Å². The highest BCUT2D eigenvalue weighted by Gasteiger charge is 2.35. The standard InChI is InChI=1S/C31H33FN4O3/c32-25-11-8-22(9-12-25)30(38)33-26-17-23(31(39)34-14-3-1-2-4-15-34)10-13-28(26)35-18-21-16-24(20-35)27-6-5-7-29(37)36(27)19-21/h5-13,17,21,24H,1-4,14-16,18-20H2,(H,33,38). The van der Waals surface area contributed by atoms with Crippen molar-refractivity contribution in [2.24, 2.45) is 5.92 Å². The Morgan fingerprint density at radius 3 is 2.36 bits per heavy atom. The molecule has 2 aromatic carbocycles. The molecular weight excluding hydrogens is 495 g/mol. The third-order valence-corrected chi connectivity index (χ3v) is 8.31. The molecule has 1 N–H and O–H groups in total. The van der Waals surface area contributed by atoms with Crippen molar-refractivity contribution in [3.05, 3.63) is 93.7 Å². The number of hydrogen-bond donors (Lipinski definition) is 1. The van der Waals surface area contributed by atoms with Crippen molar-refractivity contribution in [2.45, 2.75) is 44.6 Å². The molecule has 0 saturated carbocycles. The number of benzene rings is 2. The number of piperidine rings is 1. The molecule has 2 amide bonds. The van der Waals surface area contributed by atoms with Gasteiger partial charge in [0.1, 0.15) is 5.82 Å². The van der Waals surface area contributed by atoms with E-state index >= 15 is 0 Å². The number of pyridine rings is 1. The summed E-state index contributed by atoms with van der Waals surface area (Å²) in [6.45, 7) is 3.61. The summed E-state index contributed by atoms with van der Waals surface area (Å²) in [5.41, 5.74) is 3.39. The number of halogens is 1. The van der Waals surface area contributed by atoms with E-state index in [0.29, 0.717) is 35.8 Å². The van der Waals surface area contributed by atoms with Crippen LogP contribution in [-0.4, -0.2) is 47.5 Å². The lowest BCUT2D eigenvalue weighted by Gasteiger charge is -2.44. The van der Waals surface area contributed by atoms with E-state index in [0.717, 1.165) is 63.1 Å². The zero-order valence-corrected chi connectivity index (χ0v) is 21.9. The number of carbonyl (C=O) groups is 2. The number of anilines is 2. The molecule has 4 heterocycles. The molecule has 6 rings (SSSR count). The third kappa shape index (κ3) is 5.20. The normalized spacial score (nSPS) is 20.6. The lowest BCUT2D eigenvalue weighted by molar-refractivity contribution is 0.0761. The highest BCUT2D eigenvalue weighted by Crippen LogP contribution is 2.39. The third-order valence-electron chi connectivity index (χ3n) is 8.31. The fourth-order valence-electron chi connectivity index (χ4n) is 6.39. The first-order valence-corrected chi connectivity index (χ1v) is 13.9. The zero-order valence-electron chi connectivity index (χ0n) is 21.9. The van der Waals surface area contributed by atoms with Crippen molar-refractivity contribution in [2.75, 3.05) is 36.4 Å². The van der Waals surface area contributed by atoms with Crippen molar-refractivity contribution < 1.29 is 14.0 Å². The minimum Gasteiger partial charge on any atom is -0.369 e. The minimum absolute atomic E-state index is 0.0236. The van der Waals surface area contributed by atoms with Crippen LogP contribution in [0.3, 0.4) is 0 Å². The van der Waals surface area contributed by atoms with Gasteiger partial charge in [-0.25, -0.2) is 4.39 Å². The highest BCUT2D eigenvalue weighted by molar-refractivity contribution is 6.07. The molecule has 202 valence electrons. The van der Waals surface area contributed by atoms with E-state index in [4.69, 9.17) is 0 Å². The average molecular weight is 529 g/mol. The number of carbonyl (C=O) groups excluding carboxylic acids is 2. The fourth-order valence-corrected chi connectivity index (χ4v) is 6.39. The van der Waals surface area contributed by atoms with Crippen molar-refractivity contribution >= 4 is 23.2 Å². The minimum atomic E-state index is -0.406. The van der Waals surface area contributed by atoms with E-state index < -0.39 is 5.82 Å². The van der Waals surface area contributed by atoms with E-state index in [1.165, 1.54) is 24.3 Å². The number of aromatic nitrogens is 1. The Morgan fingerprint density at radius 1 is 0.846 bits per heavy atom. The molecule has 39 heavy (non-hydrogen) atoms. The van der Waals surface area contributed by atoms with Gasteiger partial charge in [0, 0.05) is 61.5 Å². The van der Waals surface area contributed by atoms with Crippen molar-refractivity contribution in [1.29, 1.82) is 0 Å². The van der Waals surface area contributed by atoms with E-state index in [-0.39, 0.29) is 23.3 Å². The van der Waals surface area contributed by atoms with Gasteiger partial charge in [0.15, 0.2) is 0 Å². The second kappa shape index (κ2) is 10.7. The van der Waals surface area contributed by atoms with Gasteiger partial charge >= 0.3 is 0 Å². The molecule has 8 heteroatoms. The maximum absolute atomic E-state index is 13.5. The van der Waals surface area contributed by atoms with Crippen LogP contribution in [0.2, 0.25) is 0 Å². The summed E-state index contributed by atoms with van der Waals surface area (Å²) in [6.07, 6.45) is 5.28. The first-order chi connectivity index (χ1) is 19.0. The molecule has 2 unspecified atom stereocenters. The second-order valence-corrected chi connectivity index (χ2v) is 11.0. The van der Waals surface area contributed by atoms with E-state index in [9.17, 15) is 18.8 Å². The van der Waals surface area contributed by atoms with Gasteiger partial charge in [0.2, 0.25) is 0 Å². The molecule has 3 aliphatic rings. The summed E-state index contributed by atoms with van der Waals surface area (Å²) in [5, 5.41) is 3.02. The Kier molecular flexibility index (Phi) is 6.94. The van der Waals surface area contributed by atoms with E-state index in [2.05, 4.69) is 10.2 Å². The lowest BCUT2D eigenvalue weighted by Crippen LogP contribution is -2.47. The van der Waals surface area contributed by atoms with Gasteiger partial charge in [-0.3, -0.25) is 14.4 Å². The van der Waals surface area contributed by atoms with Gasteiger partial charge in [0.05, 0.1) is 11.4 Å². The molecule has 3 aliphatic heterocycles. The molecule has 2 saturated heterocycles. The van der Waals surface area contributed by atoms with Crippen LogP contribution in [0.4, 0.5) is 15.8 Å². The average Bonchev–Trinajstić information content (AvgIpc) is 3.23. The van der Waals surface area contributed by atoms with E-state index in [1.807, 2.05) is 33.7 Å². The van der Waals surface area contributed by atoms with Crippen LogP contribution in [0.5, 0.6) is 0 Å². The van der Waals surface area contributed by atoms with Crippen LogP contribution in [0.15, 0.2) is 65.5 Å². The summed E-state index contributed by atoms with van der Waals surface area (Å²) in [5.74, 6) is -0.285. The molecule has 0 aliphatic carbocycles. The molecule has 2 fully saturated rings. The summed E-state index contributed by atoms with van der Waals surface area (Å²) in [4.78, 5) is 43.3. The number of amides is 2. The molecule has 1 aromatic heterocycles. The topological polar surface area (TPSA) is 74.7 Å². The van der Waals surface area contributed by atoms with Gasteiger partial charge < -0.3 is 19.7 Å². The highest BCUT2D eigenvalue weighted by atomic mass is 19.1. The van der Waals surface area contributed by atoms with Crippen LogP contribution >= 0.6 is 0 Å². The molecule has 0 spiro atoms. The zero-order chi connectivity index (χ0) is 26.9. The number of rotatable bonds is 4. The van der Waals surface area contributed by atoms with Gasteiger partial charge in [-0.2, -0.15) is 0 Å². The van der Waals surface area contributed by atoms with Gasteiger partial charge in [-0.1, -0.05) is 18.9 Å². The molecule has 0 radical (unpaired) electrons. The van der Waals surface area contributed by atoms with Crippen LogP contribution < -0.4 is 15.8 Å². The van der Waals surface area contributed by atoms with Gasteiger partial charge in [-0.05, 0) is 73.7 Å². The SMILES string of the molecule is O=C(Nc1cc(C(=O)N2CCCCCC2)ccc1N1CC2CC(C1)c1cccc(=O)n1C2)c1ccc(F)cc1. The monoisotopic (exact) mass is 528 g/mol. The predicted octanol–water partition coefficient (Wildman–Crippen LogP) is 4.88. The summed E-state index contributed by atoms with van der Waals surface area (Å²) < 4.78 is 15.4. The summed E-state index contributed by atoms with van der Waals surface area (Å²) in [7, 11) is 0. The lowest BCUT2D eigenvalue weighted by atomic mass is 9.83. The largest absolute Gasteiger partial charge is 0.369 e. The van der Waals surface area contributed by atoms with Gasteiger partial charge in [0.25, 0.3) is 17.4 Å². The summed E-state index contributed by atoms with van der Waals surface area (Å²) >= 11 is 0. The van der Waals surface area contributed by atoms with Gasteiger partial charge in [-0.15, -0.1) is 0 Å².